The Hall–Kier alpha value is -1.32. The maximum absolute atomic E-state index is 11.7. The molecule has 19 heavy (non-hydrogen) atoms. The van der Waals surface area contributed by atoms with Gasteiger partial charge in [0.15, 0.2) is 0 Å². The van der Waals surface area contributed by atoms with Crippen LogP contribution in [0.15, 0.2) is 11.1 Å². The summed E-state index contributed by atoms with van der Waals surface area (Å²) in [6.07, 6.45) is 3.52. The molecule has 1 saturated carbocycles. The summed E-state index contributed by atoms with van der Waals surface area (Å²) < 4.78 is 9.37. The molecule has 4 heteroatoms. The van der Waals surface area contributed by atoms with Gasteiger partial charge in [0.25, 0.3) is 0 Å². The Labute approximate surface area is 115 Å². The van der Waals surface area contributed by atoms with Crippen LogP contribution in [-0.4, -0.2) is 26.2 Å². The molecule has 1 fully saturated rings. The first-order chi connectivity index (χ1) is 8.81. The Morgan fingerprint density at radius 3 is 1.74 bits per heavy atom. The third kappa shape index (κ3) is 3.82. The molecule has 0 unspecified atom stereocenters. The van der Waals surface area contributed by atoms with Gasteiger partial charge in [-0.1, -0.05) is 20.8 Å². The van der Waals surface area contributed by atoms with Crippen LogP contribution in [0, 0.1) is 11.3 Å². The Balaban J connectivity index is 2.91. The Bertz CT molecular complexity index is 359. The van der Waals surface area contributed by atoms with Gasteiger partial charge >= 0.3 is 11.9 Å². The van der Waals surface area contributed by atoms with E-state index < -0.39 is 11.9 Å². The van der Waals surface area contributed by atoms with Crippen LogP contribution >= 0.6 is 0 Å². The van der Waals surface area contributed by atoms with Gasteiger partial charge < -0.3 is 9.47 Å². The summed E-state index contributed by atoms with van der Waals surface area (Å²) in [4.78, 5) is 23.4. The van der Waals surface area contributed by atoms with E-state index in [1.54, 1.807) is 0 Å². The molecule has 0 aromatic carbocycles. The molecule has 0 saturated heterocycles. The number of ether oxygens (including phenoxy) is 2. The average molecular weight is 268 g/mol. The molecular weight excluding hydrogens is 244 g/mol. The van der Waals surface area contributed by atoms with E-state index in [0.29, 0.717) is 5.92 Å². The average Bonchev–Trinajstić information content (AvgIpc) is 2.38. The van der Waals surface area contributed by atoms with Crippen LogP contribution in [0.5, 0.6) is 0 Å². The number of allylic oxidation sites excluding steroid dienone is 1. The van der Waals surface area contributed by atoms with Crippen LogP contribution < -0.4 is 0 Å². The lowest BCUT2D eigenvalue weighted by Crippen LogP contribution is -2.26. The number of carbonyl (C=O) groups excluding carboxylic acids is 2. The van der Waals surface area contributed by atoms with Crippen LogP contribution in [0.3, 0.4) is 0 Å². The lowest BCUT2D eigenvalue weighted by molar-refractivity contribution is -0.144. The molecule has 0 spiro atoms. The summed E-state index contributed by atoms with van der Waals surface area (Å²) >= 11 is 0. The summed E-state index contributed by atoms with van der Waals surface area (Å²) in [7, 11) is 2.57. The molecule has 0 amide bonds. The summed E-state index contributed by atoms with van der Waals surface area (Å²) in [5.41, 5.74) is 1.24. The highest BCUT2D eigenvalue weighted by molar-refractivity contribution is 6.14. The molecule has 0 aromatic heterocycles. The van der Waals surface area contributed by atoms with E-state index in [1.807, 2.05) is 0 Å². The van der Waals surface area contributed by atoms with Crippen molar-refractivity contribution in [2.45, 2.75) is 46.5 Å². The van der Waals surface area contributed by atoms with Crippen molar-refractivity contribution in [3.05, 3.63) is 11.1 Å². The van der Waals surface area contributed by atoms with Crippen molar-refractivity contribution < 1.29 is 19.1 Å². The van der Waals surface area contributed by atoms with Crippen molar-refractivity contribution in [3.63, 3.8) is 0 Å². The minimum absolute atomic E-state index is 0.0948. The molecule has 0 aromatic rings. The fourth-order valence-corrected chi connectivity index (χ4v) is 2.66. The molecule has 4 nitrogen and oxygen atoms in total. The van der Waals surface area contributed by atoms with Crippen molar-refractivity contribution in [3.8, 4) is 0 Å². The first-order valence-corrected chi connectivity index (χ1v) is 6.70. The van der Waals surface area contributed by atoms with E-state index >= 15 is 0 Å². The molecule has 1 aliphatic carbocycles. The zero-order valence-corrected chi connectivity index (χ0v) is 12.5. The summed E-state index contributed by atoms with van der Waals surface area (Å²) in [6, 6.07) is 0. The van der Waals surface area contributed by atoms with Crippen LogP contribution in [0.4, 0.5) is 0 Å². The number of esters is 2. The number of rotatable bonds is 2. The Kier molecular flexibility index (Phi) is 5.15. The topological polar surface area (TPSA) is 52.6 Å². The van der Waals surface area contributed by atoms with Crippen molar-refractivity contribution in [2.75, 3.05) is 14.2 Å². The summed E-state index contributed by atoms with van der Waals surface area (Å²) in [5, 5.41) is 0. The van der Waals surface area contributed by atoms with Crippen LogP contribution in [-0.2, 0) is 19.1 Å². The molecule has 1 rings (SSSR count). The lowest BCUT2D eigenvalue weighted by atomic mass is 9.71. The molecule has 108 valence electrons. The number of hydrogen-bond acceptors (Lipinski definition) is 4. The van der Waals surface area contributed by atoms with Gasteiger partial charge in [0.05, 0.1) is 14.2 Å². The smallest absolute Gasteiger partial charge is 0.345 e. The van der Waals surface area contributed by atoms with Gasteiger partial charge in [-0.3, -0.25) is 0 Å². The minimum atomic E-state index is -0.587. The number of carbonyl (C=O) groups is 2. The zero-order chi connectivity index (χ0) is 14.6. The summed E-state index contributed by atoms with van der Waals surface area (Å²) in [6.45, 7) is 6.69. The predicted octanol–water partition coefficient (Wildman–Crippen LogP) is 2.87. The van der Waals surface area contributed by atoms with Gasteiger partial charge in [-0.05, 0) is 42.6 Å². The maximum atomic E-state index is 11.7. The van der Waals surface area contributed by atoms with E-state index in [2.05, 4.69) is 30.2 Å². The van der Waals surface area contributed by atoms with Gasteiger partial charge in [-0.2, -0.15) is 0 Å². The van der Waals surface area contributed by atoms with Gasteiger partial charge in [0.1, 0.15) is 5.57 Å². The van der Waals surface area contributed by atoms with Crippen LogP contribution in [0.25, 0.3) is 0 Å². The first-order valence-electron chi connectivity index (χ1n) is 6.70. The second kappa shape index (κ2) is 6.22. The van der Waals surface area contributed by atoms with Gasteiger partial charge in [0, 0.05) is 0 Å². The van der Waals surface area contributed by atoms with Crippen molar-refractivity contribution >= 4 is 11.9 Å². The van der Waals surface area contributed by atoms with Crippen LogP contribution in [0.2, 0.25) is 0 Å². The van der Waals surface area contributed by atoms with E-state index in [9.17, 15) is 9.59 Å². The molecular formula is C15H24O4. The highest BCUT2D eigenvalue weighted by atomic mass is 16.5. The summed E-state index contributed by atoms with van der Waals surface area (Å²) in [5.74, 6) is -0.556. The van der Waals surface area contributed by atoms with Crippen molar-refractivity contribution in [1.82, 2.24) is 0 Å². The van der Waals surface area contributed by atoms with Gasteiger partial charge in [-0.25, -0.2) is 9.59 Å². The quantitative estimate of drug-likeness (QED) is 0.334. The predicted molar refractivity (Wildman–Crippen MR) is 72.5 cm³/mol. The third-order valence-corrected chi connectivity index (χ3v) is 3.95. The standard InChI is InChI=1S/C15H24O4/c1-15(2,3)11-8-6-10(7-9-11)12(13(16)18-4)14(17)19-5/h11H,6-9H2,1-5H3. The van der Waals surface area contributed by atoms with Gasteiger partial charge in [0.2, 0.25) is 0 Å². The van der Waals surface area contributed by atoms with E-state index in [4.69, 9.17) is 0 Å². The SMILES string of the molecule is COC(=O)C(C(=O)OC)=C1CCC(C(C)(C)C)CC1. The first kappa shape index (κ1) is 15.7. The fraction of sp³-hybridized carbons (Fsp3) is 0.733. The second-order valence-electron chi connectivity index (χ2n) is 6.10. The molecule has 0 bridgehead atoms. The number of hydrogen-bond donors (Lipinski definition) is 0. The Morgan fingerprint density at radius 1 is 1.00 bits per heavy atom. The minimum Gasteiger partial charge on any atom is -0.465 e. The third-order valence-electron chi connectivity index (χ3n) is 3.95. The normalized spacial score (nSPS) is 19.8. The zero-order valence-electron chi connectivity index (χ0n) is 12.5. The lowest BCUT2D eigenvalue weighted by Gasteiger charge is -2.35. The molecule has 0 heterocycles. The van der Waals surface area contributed by atoms with E-state index in [1.165, 1.54) is 14.2 Å². The molecule has 0 radical (unpaired) electrons. The Morgan fingerprint density at radius 2 is 1.42 bits per heavy atom. The molecule has 0 atom stereocenters. The number of methoxy groups -OCH3 is 2. The van der Waals surface area contributed by atoms with Crippen LogP contribution in [0.1, 0.15) is 46.5 Å². The second-order valence-corrected chi connectivity index (χ2v) is 6.10. The molecule has 0 N–H and O–H groups in total. The largest absolute Gasteiger partial charge is 0.465 e. The highest BCUT2D eigenvalue weighted by Crippen LogP contribution is 2.40. The van der Waals surface area contributed by atoms with E-state index in [-0.39, 0.29) is 11.0 Å². The van der Waals surface area contributed by atoms with Crippen molar-refractivity contribution in [1.29, 1.82) is 0 Å². The molecule has 0 aliphatic heterocycles. The van der Waals surface area contributed by atoms with Gasteiger partial charge in [-0.15, -0.1) is 0 Å². The fourth-order valence-electron chi connectivity index (χ4n) is 2.66. The highest BCUT2D eigenvalue weighted by Gasteiger charge is 2.32. The molecule has 1 aliphatic rings. The maximum Gasteiger partial charge on any atom is 0.345 e. The van der Waals surface area contributed by atoms with E-state index in [0.717, 1.165) is 31.3 Å². The monoisotopic (exact) mass is 268 g/mol. The van der Waals surface area contributed by atoms with Crippen molar-refractivity contribution in [2.24, 2.45) is 11.3 Å².